The number of rotatable bonds is 6. The Morgan fingerprint density at radius 2 is 1.96 bits per heavy atom. The fraction of sp³-hybridized carbons (Fsp3) is 0.526. The van der Waals surface area contributed by atoms with Crippen molar-refractivity contribution in [1.29, 1.82) is 0 Å². The summed E-state index contributed by atoms with van der Waals surface area (Å²) >= 11 is 0. The number of imide groups is 1. The summed E-state index contributed by atoms with van der Waals surface area (Å²) in [4.78, 5) is 29.1. The Morgan fingerprint density at radius 1 is 1.23 bits per heavy atom. The molecular weight excluding hydrogens is 335 g/mol. The van der Waals surface area contributed by atoms with E-state index in [4.69, 9.17) is 0 Å². The molecule has 1 saturated carbocycles. The van der Waals surface area contributed by atoms with Gasteiger partial charge in [-0.05, 0) is 37.0 Å². The second-order valence-corrected chi connectivity index (χ2v) is 6.94. The van der Waals surface area contributed by atoms with Crippen LogP contribution in [-0.4, -0.2) is 49.4 Å². The fourth-order valence-corrected chi connectivity index (χ4v) is 3.35. The first kappa shape index (κ1) is 18.4. The van der Waals surface area contributed by atoms with E-state index in [2.05, 4.69) is 15.6 Å². The van der Waals surface area contributed by atoms with Gasteiger partial charge in [0.2, 0.25) is 11.8 Å². The summed E-state index contributed by atoms with van der Waals surface area (Å²) in [6, 6.07) is 6.75. The molecule has 2 amide bonds. The summed E-state index contributed by atoms with van der Waals surface area (Å²) in [7, 11) is 1.67. The molecule has 6 nitrogen and oxygen atoms in total. The van der Waals surface area contributed by atoms with Crippen molar-refractivity contribution >= 4 is 17.8 Å². The first-order chi connectivity index (χ1) is 12.5. The SMILES string of the molecule is CN=C(NCCN1C(=O)CCCC1=O)NCC1(c2cccc(F)c2)CC1. The molecule has 1 aromatic carbocycles. The largest absolute Gasteiger partial charge is 0.356 e. The van der Waals surface area contributed by atoms with Crippen molar-refractivity contribution in [3.8, 4) is 0 Å². The molecule has 26 heavy (non-hydrogen) atoms. The minimum atomic E-state index is -0.216. The molecule has 1 saturated heterocycles. The number of amides is 2. The number of hydrogen-bond acceptors (Lipinski definition) is 3. The summed E-state index contributed by atoms with van der Waals surface area (Å²) in [5, 5.41) is 6.42. The van der Waals surface area contributed by atoms with Gasteiger partial charge in [0.15, 0.2) is 5.96 Å². The quantitative estimate of drug-likeness (QED) is 0.459. The van der Waals surface area contributed by atoms with Crippen LogP contribution in [0.2, 0.25) is 0 Å². The van der Waals surface area contributed by atoms with E-state index in [9.17, 15) is 14.0 Å². The average Bonchev–Trinajstić information content (AvgIpc) is 3.41. The Balaban J connectivity index is 1.48. The van der Waals surface area contributed by atoms with Crippen LogP contribution in [0.15, 0.2) is 29.3 Å². The van der Waals surface area contributed by atoms with Crippen LogP contribution in [0.4, 0.5) is 4.39 Å². The van der Waals surface area contributed by atoms with E-state index >= 15 is 0 Å². The molecule has 0 aromatic heterocycles. The topological polar surface area (TPSA) is 73.8 Å². The first-order valence-corrected chi connectivity index (χ1v) is 9.08. The smallest absolute Gasteiger partial charge is 0.229 e. The van der Waals surface area contributed by atoms with E-state index < -0.39 is 0 Å². The average molecular weight is 360 g/mol. The zero-order valence-corrected chi connectivity index (χ0v) is 15.1. The van der Waals surface area contributed by atoms with E-state index in [1.807, 2.05) is 6.07 Å². The summed E-state index contributed by atoms with van der Waals surface area (Å²) in [5.74, 6) is 0.194. The monoisotopic (exact) mass is 360 g/mol. The molecule has 2 fully saturated rings. The van der Waals surface area contributed by atoms with Crippen molar-refractivity contribution in [2.75, 3.05) is 26.7 Å². The van der Waals surface area contributed by atoms with Gasteiger partial charge < -0.3 is 10.6 Å². The molecule has 0 spiro atoms. The maximum atomic E-state index is 13.5. The van der Waals surface area contributed by atoms with Gasteiger partial charge >= 0.3 is 0 Å². The maximum absolute atomic E-state index is 13.5. The summed E-state index contributed by atoms with van der Waals surface area (Å²) in [5.41, 5.74) is 0.961. The minimum Gasteiger partial charge on any atom is -0.356 e. The van der Waals surface area contributed by atoms with Crippen LogP contribution in [-0.2, 0) is 15.0 Å². The highest BCUT2D eigenvalue weighted by atomic mass is 19.1. The lowest BCUT2D eigenvalue weighted by atomic mass is 9.96. The molecule has 0 bridgehead atoms. The van der Waals surface area contributed by atoms with Crippen molar-refractivity contribution in [2.24, 2.45) is 4.99 Å². The Labute approximate surface area is 152 Å². The number of guanidine groups is 1. The van der Waals surface area contributed by atoms with Crippen molar-refractivity contribution in [2.45, 2.75) is 37.5 Å². The molecular formula is C19H25FN4O2. The number of aliphatic imine (C=N–C) groups is 1. The van der Waals surface area contributed by atoms with Crippen molar-refractivity contribution in [3.63, 3.8) is 0 Å². The normalized spacial score (nSPS) is 19.5. The Kier molecular flexibility index (Phi) is 5.54. The van der Waals surface area contributed by atoms with Crippen molar-refractivity contribution < 1.29 is 14.0 Å². The Morgan fingerprint density at radius 3 is 2.58 bits per heavy atom. The molecule has 0 atom stereocenters. The summed E-state index contributed by atoms with van der Waals surface area (Å²) in [6.07, 6.45) is 3.55. The van der Waals surface area contributed by atoms with Gasteiger partial charge in [0.1, 0.15) is 5.82 Å². The highest BCUT2D eigenvalue weighted by Gasteiger charge is 2.44. The van der Waals surface area contributed by atoms with Gasteiger partial charge in [0, 0.05) is 44.9 Å². The number of hydrogen-bond donors (Lipinski definition) is 2. The number of nitrogens with one attached hydrogen (secondary N) is 2. The number of carbonyl (C=O) groups is 2. The van der Waals surface area contributed by atoms with Gasteiger partial charge in [-0.2, -0.15) is 0 Å². The van der Waals surface area contributed by atoms with Crippen LogP contribution in [0.1, 0.15) is 37.7 Å². The Bertz CT molecular complexity index is 699. The van der Waals surface area contributed by atoms with Gasteiger partial charge in [0.05, 0.1) is 0 Å². The van der Waals surface area contributed by atoms with E-state index in [0.717, 1.165) is 18.4 Å². The van der Waals surface area contributed by atoms with Gasteiger partial charge in [-0.25, -0.2) is 4.39 Å². The highest BCUT2D eigenvalue weighted by Crippen LogP contribution is 2.47. The third-order valence-corrected chi connectivity index (χ3v) is 5.12. The summed E-state index contributed by atoms with van der Waals surface area (Å²) in [6.45, 7) is 1.45. The van der Waals surface area contributed by atoms with Gasteiger partial charge in [0.25, 0.3) is 0 Å². The molecule has 1 aliphatic carbocycles. The molecule has 1 aromatic rings. The second kappa shape index (κ2) is 7.85. The molecule has 2 aliphatic rings. The van der Waals surface area contributed by atoms with Gasteiger partial charge in [-0.1, -0.05) is 12.1 Å². The molecule has 1 aliphatic heterocycles. The van der Waals surface area contributed by atoms with Crippen LogP contribution < -0.4 is 10.6 Å². The fourth-order valence-electron chi connectivity index (χ4n) is 3.35. The molecule has 0 unspecified atom stereocenters. The van der Waals surface area contributed by atoms with Crippen molar-refractivity contribution in [3.05, 3.63) is 35.6 Å². The number of halogens is 1. The number of nitrogens with zero attached hydrogens (tertiary/aromatic N) is 2. The molecule has 1 heterocycles. The van der Waals surface area contributed by atoms with E-state index in [1.165, 1.54) is 11.0 Å². The summed E-state index contributed by atoms with van der Waals surface area (Å²) < 4.78 is 13.5. The highest BCUT2D eigenvalue weighted by molar-refractivity contribution is 5.97. The van der Waals surface area contributed by atoms with Crippen LogP contribution >= 0.6 is 0 Å². The number of piperidine rings is 1. The minimum absolute atomic E-state index is 0.0431. The van der Waals surface area contributed by atoms with Crippen molar-refractivity contribution in [1.82, 2.24) is 15.5 Å². The molecule has 2 N–H and O–H groups in total. The molecule has 140 valence electrons. The number of likely N-dealkylation sites (tertiary alicyclic amines) is 1. The van der Waals surface area contributed by atoms with Crippen LogP contribution in [0.5, 0.6) is 0 Å². The number of benzene rings is 1. The Hall–Kier alpha value is -2.44. The van der Waals surface area contributed by atoms with Gasteiger partial charge in [-0.15, -0.1) is 0 Å². The predicted octanol–water partition coefficient (Wildman–Crippen LogP) is 1.56. The van der Waals surface area contributed by atoms with E-state index in [1.54, 1.807) is 19.2 Å². The van der Waals surface area contributed by atoms with Crippen LogP contribution in [0, 0.1) is 5.82 Å². The third-order valence-electron chi connectivity index (χ3n) is 5.12. The molecule has 3 rings (SSSR count). The van der Waals surface area contributed by atoms with E-state index in [0.29, 0.717) is 44.9 Å². The van der Waals surface area contributed by atoms with Crippen LogP contribution in [0.25, 0.3) is 0 Å². The molecule has 0 radical (unpaired) electrons. The molecule has 7 heteroatoms. The van der Waals surface area contributed by atoms with Crippen LogP contribution in [0.3, 0.4) is 0 Å². The lowest BCUT2D eigenvalue weighted by Gasteiger charge is -2.25. The lowest BCUT2D eigenvalue weighted by Crippen LogP contribution is -2.47. The lowest BCUT2D eigenvalue weighted by molar-refractivity contribution is -0.147. The first-order valence-electron chi connectivity index (χ1n) is 9.08. The zero-order chi connectivity index (χ0) is 18.6. The van der Waals surface area contributed by atoms with E-state index in [-0.39, 0.29) is 23.0 Å². The predicted molar refractivity (Wildman–Crippen MR) is 97.2 cm³/mol. The number of carbonyl (C=O) groups excluding carboxylic acids is 2. The van der Waals surface area contributed by atoms with Gasteiger partial charge in [-0.3, -0.25) is 19.5 Å². The third kappa shape index (κ3) is 4.20. The second-order valence-electron chi connectivity index (χ2n) is 6.94. The zero-order valence-electron chi connectivity index (χ0n) is 15.1. The maximum Gasteiger partial charge on any atom is 0.229 e. The standard InChI is InChI=1S/C19H25FN4O2/c1-21-18(22-10-11-24-16(25)6-3-7-17(24)26)23-13-19(8-9-19)14-4-2-5-15(20)12-14/h2,4-5,12H,3,6-11,13H2,1H3,(H2,21,22,23).